The molecule has 1 atom stereocenters. The number of piperidine rings is 1. The molecular formula is C16H25N3O. The van der Waals surface area contributed by atoms with E-state index in [1.165, 1.54) is 12.8 Å². The van der Waals surface area contributed by atoms with Crippen molar-refractivity contribution in [2.45, 2.75) is 25.8 Å². The van der Waals surface area contributed by atoms with Gasteiger partial charge in [0.15, 0.2) is 0 Å². The van der Waals surface area contributed by atoms with Gasteiger partial charge in [-0.05, 0) is 58.0 Å². The standard InChI is InChI=1S/C16H25N3O/c1-13(16(20)18-15-6-4-3-5-7-15)19(2)12-14-8-10-17-11-9-14/h3-7,13-14,17H,8-12H2,1-2H3,(H,18,20). The summed E-state index contributed by atoms with van der Waals surface area (Å²) in [6.07, 6.45) is 2.41. The van der Waals surface area contributed by atoms with Gasteiger partial charge in [-0.2, -0.15) is 0 Å². The molecule has 0 radical (unpaired) electrons. The Bertz CT molecular complexity index is 415. The number of hydrogen-bond acceptors (Lipinski definition) is 3. The first-order chi connectivity index (χ1) is 9.66. The number of anilines is 1. The van der Waals surface area contributed by atoms with Crippen LogP contribution in [-0.2, 0) is 4.79 Å². The maximum absolute atomic E-state index is 12.2. The van der Waals surface area contributed by atoms with Crippen LogP contribution in [0.3, 0.4) is 0 Å². The molecule has 1 aliphatic heterocycles. The lowest BCUT2D eigenvalue weighted by molar-refractivity contribution is -0.120. The highest BCUT2D eigenvalue weighted by Crippen LogP contribution is 2.15. The third kappa shape index (κ3) is 4.32. The zero-order valence-electron chi connectivity index (χ0n) is 12.4. The van der Waals surface area contributed by atoms with E-state index in [0.29, 0.717) is 5.92 Å². The number of likely N-dealkylation sites (N-methyl/N-ethyl adjacent to an activating group) is 1. The van der Waals surface area contributed by atoms with Crippen LogP contribution in [0.15, 0.2) is 30.3 Å². The SMILES string of the molecule is CC(C(=O)Nc1ccccc1)N(C)CC1CCNCC1. The smallest absolute Gasteiger partial charge is 0.241 e. The number of nitrogens with one attached hydrogen (secondary N) is 2. The van der Waals surface area contributed by atoms with Gasteiger partial charge >= 0.3 is 0 Å². The largest absolute Gasteiger partial charge is 0.325 e. The summed E-state index contributed by atoms with van der Waals surface area (Å²) in [5.41, 5.74) is 0.861. The van der Waals surface area contributed by atoms with Crippen LogP contribution in [0, 0.1) is 5.92 Å². The first-order valence-electron chi connectivity index (χ1n) is 7.43. The van der Waals surface area contributed by atoms with Crippen LogP contribution in [0.1, 0.15) is 19.8 Å². The zero-order chi connectivity index (χ0) is 14.4. The number of benzene rings is 1. The van der Waals surface area contributed by atoms with Crippen LogP contribution in [0.5, 0.6) is 0 Å². The lowest BCUT2D eigenvalue weighted by atomic mass is 9.97. The Labute approximate surface area is 121 Å². The molecule has 1 unspecified atom stereocenters. The van der Waals surface area contributed by atoms with Crippen LogP contribution in [0.25, 0.3) is 0 Å². The number of carbonyl (C=O) groups is 1. The Hall–Kier alpha value is -1.39. The van der Waals surface area contributed by atoms with Crippen molar-refractivity contribution in [3.05, 3.63) is 30.3 Å². The number of rotatable bonds is 5. The van der Waals surface area contributed by atoms with Crippen molar-refractivity contribution in [1.82, 2.24) is 10.2 Å². The van der Waals surface area contributed by atoms with Gasteiger partial charge in [0.2, 0.25) is 5.91 Å². The first kappa shape index (κ1) is 15.0. The van der Waals surface area contributed by atoms with Gasteiger partial charge in [-0.25, -0.2) is 0 Å². The van der Waals surface area contributed by atoms with Crippen molar-refractivity contribution in [2.75, 3.05) is 32.0 Å². The molecular weight excluding hydrogens is 250 g/mol. The number of nitrogens with zero attached hydrogens (tertiary/aromatic N) is 1. The van der Waals surface area contributed by atoms with E-state index in [1.807, 2.05) is 44.3 Å². The van der Waals surface area contributed by atoms with Crippen molar-refractivity contribution >= 4 is 11.6 Å². The summed E-state index contributed by atoms with van der Waals surface area (Å²) >= 11 is 0. The maximum Gasteiger partial charge on any atom is 0.241 e. The highest BCUT2D eigenvalue weighted by atomic mass is 16.2. The zero-order valence-corrected chi connectivity index (χ0v) is 12.4. The summed E-state index contributed by atoms with van der Waals surface area (Å²) in [4.78, 5) is 14.4. The summed E-state index contributed by atoms with van der Waals surface area (Å²) in [6.45, 7) is 5.16. The van der Waals surface area contributed by atoms with Crippen LogP contribution < -0.4 is 10.6 Å². The molecule has 1 heterocycles. The highest BCUT2D eigenvalue weighted by Gasteiger charge is 2.22. The third-order valence-electron chi connectivity index (χ3n) is 4.09. The van der Waals surface area contributed by atoms with Gasteiger partial charge in [0.05, 0.1) is 6.04 Å². The van der Waals surface area contributed by atoms with E-state index >= 15 is 0 Å². The molecule has 1 aliphatic rings. The monoisotopic (exact) mass is 275 g/mol. The summed E-state index contributed by atoms with van der Waals surface area (Å²) in [7, 11) is 2.04. The van der Waals surface area contributed by atoms with Gasteiger partial charge in [-0.15, -0.1) is 0 Å². The van der Waals surface area contributed by atoms with E-state index in [9.17, 15) is 4.79 Å². The molecule has 4 nitrogen and oxygen atoms in total. The van der Waals surface area contributed by atoms with E-state index in [1.54, 1.807) is 0 Å². The number of hydrogen-bond donors (Lipinski definition) is 2. The van der Waals surface area contributed by atoms with Crippen LogP contribution >= 0.6 is 0 Å². The van der Waals surface area contributed by atoms with Crippen molar-refractivity contribution in [1.29, 1.82) is 0 Å². The van der Waals surface area contributed by atoms with Gasteiger partial charge in [-0.3, -0.25) is 9.69 Å². The molecule has 0 saturated carbocycles. The number of amides is 1. The van der Waals surface area contributed by atoms with E-state index in [4.69, 9.17) is 0 Å². The third-order valence-corrected chi connectivity index (χ3v) is 4.09. The molecule has 1 fully saturated rings. The molecule has 110 valence electrons. The molecule has 2 N–H and O–H groups in total. The Morgan fingerprint density at radius 3 is 2.65 bits per heavy atom. The average Bonchev–Trinajstić information content (AvgIpc) is 2.48. The van der Waals surface area contributed by atoms with Crippen molar-refractivity contribution < 1.29 is 4.79 Å². The Kier molecular flexibility index (Phi) is 5.56. The number of para-hydroxylation sites is 1. The first-order valence-corrected chi connectivity index (χ1v) is 7.43. The van der Waals surface area contributed by atoms with Crippen molar-refractivity contribution in [3.8, 4) is 0 Å². The Balaban J connectivity index is 1.82. The normalized spacial score (nSPS) is 17.9. The second kappa shape index (κ2) is 7.41. The molecule has 1 saturated heterocycles. The minimum absolute atomic E-state index is 0.0626. The topological polar surface area (TPSA) is 44.4 Å². The molecule has 0 spiro atoms. The second-order valence-corrected chi connectivity index (χ2v) is 5.66. The lowest BCUT2D eigenvalue weighted by Gasteiger charge is -2.30. The summed E-state index contributed by atoms with van der Waals surface area (Å²) in [5.74, 6) is 0.765. The molecule has 0 bridgehead atoms. The predicted octanol–water partition coefficient (Wildman–Crippen LogP) is 1.94. The highest BCUT2D eigenvalue weighted by molar-refractivity contribution is 5.94. The van der Waals surface area contributed by atoms with Crippen LogP contribution in [0.2, 0.25) is 0 Å². The Morgan fingerprint density at radius 2 is 2.00 bits per heavy atom. The molecule has 0 aromatic heterocycles. The van der Waals surface area contributed by atoms with Crippen LogP contribution in [0.4, 0.5) is 5.69 Å². The van der Waals surface area contributed by atoms with E-state index in [2.05, 4.69) is 15.5 Å². The fourth-order valence-corrected chi connectivity index (χ4v) is 2.60. The molecule has 1 aromatic carbocycles. The molecule has 1 amide bonds. The lowest BCUT2D eigenvalue weighted by Crippen LogP contribution is -2.43. The Morgan fingerprint density at radius 1 is 1.35 bits per heavy atom. The van der Waals surface area contributed by atoms with E-state index in [0.717, 1.165) is 25.3 Å². The molecule has 20 heavy (non-hydrogen) atoms. The molecule has 1 aromatic rings. The summed E-state index contributed by atoms with van der Waals surface area (Å²) in [5, 5.41) is 6.34. The quantitative estimate of drug-likeness (QED) is 0.863. The van der Waals surface area contributed by atoms with E-state index in [-0.39, 0.29) is 11.9 Å². The summed E-state index contributed by atoms with van der Waals surface area (Å²) < 4.78 is 0. The predicted molar refractivity (Wildman–Crippen MR) is 82.8 cm³/mol. The van der Waals surface area contributed by atoms with Gasteiger partial charge in [-0.1, -0.05) is 18.2 Å². The van der Waals surface area contributed by atoms with Gasteiger partial charge in [0.25, 0.3) is 0 Å². The average molecular weight is 275 g/mol. The van der Waals surface area contributed by atoms with Crippen molar-refractivity contribution in [3.63, 3.8) is 0 Å². The fraction of sp³-hybridized carbons (Fsp3) is 0.562. The van der Waals surface area contributed by atoms with Gasteiger partial charge in [0, 0.05) is 12.2 Å². The fourth-order valence-electron chi connectivity index (χ4n) is 2.60. The van der Waals surface area contributed by atoms with Gasteiger partial charge in [0.1, 0.15) is 0 Å². The minimum atomic E-state index is -0.106. The van der Waals surface area contributed by atoms with Crippen molar-refractivity contribution in [2.24, 2.45) is 5.92 Å². The molecule has 4 heteroatoms. The van der Waals surface area contributed by atoms with E-state index < -0.39 is 0 Å². The van der Waals surface area contributed by atoms with Gasteiger partial charge < -0.3 is 10.6 Å². The summed E-state index contributed by atoms with van der Waals surface area (Å²) in [6, 6.07) is 9.53. The maximum atomic E-state index is 12.2. The molecule has 0 aliphatic carbocycles. The van der Waals surface area contributed by atoms with Crippen LogP contribution in [-0.4, -0.2) is 43.5 Å². The minimum Gasteiger partial charge on any atom is -0.325 e. The number of carbonyl (C=O) groups excluding carboxylic acids is 1. The second-order valence-electron chi connectivity index (χ2n) is 5.66. The molecule has 2 rings (SSSR count).